The molecule has 2 atom stereocenters. The number of nitrogen functional groups attached to an aromatic ring is 1. The molecule has 0 fully saturated rings. The van der Waals surface area contributed by atoms with Crippen molar-refractivity contribution in [3.8, 4) is 12.0 Å². The lowest BCUT2D eigenvalue weighted by molar-refractivity contribution is 0.378. The third kappa shape index (κ3) is 8.52. The number of anilines is 4. The van der Waals surface area contributed by atoms with Gasteiger partial charge in [-0.3, -0.25) is 0 Å². The molecule has 0 aromatic carbocycles. The van der Waals surface area contributed by atoms with E-state index in [4.69, 9.17) is 15.2 Å². The molecule has 2 aromatic heterocycles. The summed E-state index contributed by atoms with van der Waals surface area (Å²) >= 11 is 0. The number of ether oxygens (including phenoxy) is 2. The number of rotatable bonds is 11. The molecular weight excluding hydrogens is 412 g/mol. The van der Waals surface area contributed by atoms with Gasteiger partial charge in [0.2, 0.25) is 23.8 Å². The second-order valence-corrected chi connectivity index (χ2v) is 6.98. The average Bonchev–Trinajstić information content (AvgIpc) is 2.79. The molecule has 0 saturated carbocycles. The smallest absolute Gasteiger partial charge is 0.322 e. The Bertz CT molecular complexity index is 806. The maximum Gasteiger partial charge on any atom is 0.322 e. The first-order valence-corrected chi connectivity index (χ1v) is 10.9. The molecule has 0 aliphatic heterocycles. The molecule has 4 N–H and O–H groups in total. The van der Waals surface area contributed by atoms with Crippen LogP contribution in [0.4, 0.5) is 23.8 Å². The molecule has 0 aliphatic rings. The summed E-state index contributed by atoms with van der Waals surface area (Å²) in [6.07, 6.45) is 2.02. The van der Waals surface area contributed by atoms with Gasteiger partial charge in [-0.2, -0.15) is 29.9 Å². The molecule has 2 heterocycles. The fourth-order valence-electron chi connectivity index (χ4n) is 2.52. The lowest BCUT2D eigenvalue weighted by Gasteiger charge is -2.27. The van der Waals surface area contributed by atoms with Gasteiger partial charge in [-0.25, -0.2) is 0 Å². The van der Waals surface area contributed by atoms with Gasteiger partial charge in [0.15, 0.2) is 0 Å². The van der Waals surface area contributed by atoms with Crippen molar-refractivity contribution in [2.45, 2.75) is 66.5 Å². The highest BCUT2D eigenvalue weighted by molar-refractivity contribution is 5.37. The molecule has 2 rings (SSSR count). The van der Waals surface area contributed by atoms with Crippen LogP contribution in [0.3, 0.4) is 0 Å². The summed E-state index contributed by atoms with van der Waals surface area (Å²) in [5.41, 5.74) is 5.60. The van der Waals surface area contributed by atoms with Crippen LogP contribution >= 0.6 is 0 Å². The first-order chi connectivity index (χ1) is 15.3. The Hall–Kier alpha value is -3.18. The summed E-state index contributed by atoms with van der Waals surface area (Å²) in [6, 6.07) is 1.25. The van der Waals surface area contributed by atoms with Gasteiger partial charge in [0.1, 0.15) is 0 Å². The fourth-order valence-corrected chi connectivity index (χ4v) is 2.52. The lowest BCUT2D eigenvalue weighted by Crippen LogP contribution is -2.34. The van der Waals surface area contributed by atoms with Gasteiger partial charge in [0, 0.05) is 25.2 Å². The fraction of sp³-hybridized carbons (Fsp3) is 0.700. The van der Waals surface area contributed by atoms with Gasteiger partial charge in [-0.05, 0) is 40.5 Å². The first kappa shape index (κ1) is 26.9. The topological polar surface area (TPSA) is 149 Å². The van der Waals surface area contributed by atoms with Gasteiger partial charge < -0.3 is 30.7 Å². The Kier molecular flexibility index (Phi) is 11.7. The minimum Gasteiger partial charge on any atom is -0.467 e. The normalized spacial score (nSPS) is 12.1. The number of aromatic nitrogens is 6. The molecule has 2 unspecified atom stereocenters. The predicted molar refractivity (Wildman–Crippen MR) is 127 cm³/mol. The molecule has 0 radical (unpaired) electrons. The van der Waals surface area contributed by atoms with Crippen molar-refractivity contribution in [1.29, 1.82) is 0 Å². The van der Waals surface area contributed by atoms with E-state index in [1.165, 1.54) is 14.2 Å². The van der Waals surface area contributed by atoms with Crippen molar-refractivity contribution < 1.29 is 9.47 Å². The Labute approximate surface area is 190 Å². The summed E-state index contributed by atoms with van der Waals surface area (Å²) in [5, 5.41) is 6.21. The van der Waals surface area contributed by atoms with Gasteiger partial charge in [-0.1, -0.05) is 13.8 Å². The van der Waals surface area contributed by atoms with Gasteiger partial charge in [0.05, 0.1) is 14.2 Å². The van der Waals surface area contributed by atoms with E-state index >= 15 is 0 Å². The summed E-state index contributed by atoms with van der Waals surface area (Å²) in [5.74, 6) is 1.82. The Morgan fingerprint density at radius 2 is 1.47 bits per heavy atom. The Morgan fingerprint density at radius 1 is 0.844 bits per heavy atom. The molecule has 12 nitrogen and oxygen atoms in total. The second kappa shape index (κ2) is 14.0. The van der Waals surface area contributed by atoms with E-state index < -0.39 is 0 Å². The van der Waals surface area contributed by atoms with E-state index in [2.05, 4.69) is 80.1 Å². The number of nitrogens with zero attached hydrogens (tertiary/aromatic N) is 7. The maximum absolute atomic E-state index is 5.60. The number of methoxy groups -OCH3 is 2. The molecular formula is C20H38N10O2. The highest BCUT2D eigenvalue weighted by atomic mass is 16.5. The molecule has 0 amide bonds. The van der Waals surface area contributed by atoms with E-state index in [9.17, 15) is 0 Å². The van der Waals surface area contributed by atoms with Crippen LogP contribution in [-0.4, -0.2) is 69.3 Å². The molecule has 0 spiro atoms. The zero-order valence-corrected chi connectivity index (χ0v) is 20.5. The molecule has 180 valence electrons. The van der Waals surface area contributed by atoms with Crippen molar-refractivity contribution >= 4 is 23.8 Å². The van der Waals surface area contributed by atoms with Crippen molar-refractivity contribution in [2.24, 2.45) is 0 Å². The van der Waals surface area contributed by atoms with Crippen LogP contribution in [-0.2, 0) is 0 Å². The van der Waals surface area contributed by atoms with E-state index in [0.717, 1.165) is 25.9 Å². The standard InChI is InChI=1S/2C10H19N5O/c1-5-7(3)15(6-2)9-12-8(11)13-10(14-9)16-4;1-5-7(3)12-9-13-8(11-6-2)14-10(15-9)16-4/h7H,5-6H2,1-4H3,(H2,11,12,13,14);7H,5-6H2,1-4H3,(H2,11,12,13,14,15). The largest absolute Gasteiger partial charge is 0.467 e. The first-order valence-electron chi connectivity index (χ1n) is 10.9. The third-order valence-corrected chi connectivity index (χ3v) is 4.64. The Balaban J connectivity index is 0.000000320. The summed E-state index contributed by atoms with van der Waals surface area (Å²) in [4.78, 5) is 26.7. The van der Waals surface area contributed by atoms with E-state index in [1.807, 2.05) is 6.92 Å². The van der Waals surface area contributed by atoms with Gasteiger partial charge in [0.25, 0.3) is 0 Å². The minimum atomic E-state index is 0.184. The maximum atomic E-state index is 5.60. The van der Waals surface area contributed by atoms with Crippen LogP contribution in [0.2, 0.25) is 0 Å². The number of hydrogen-bond acceptors (Lipinski definition) is 12. The lowest BCUT2D eigenvalue weighted by atomic mass is 10.2. The van der Waals surface area contributed by atoms with E-state index in [1.54, 1.807) is 0 Å². The van der Waals surface area contributed by atoms with Crippen molar-refractivity contribution in [3.05, 3.63) is 0 Å². The molecule has 2 aromatic rings. The van der Waals surface area contributed by atoms with Crippen molar-refractivity contribution in [2.75, 3.05) is 48.6 Å². The van der Waals surface area contributed by atoms with Crippen molar-refractivity contribution in [3.63, 3.8) is 0 Å². The summed E-state index contributed by atoms with van der Waals surface area (Å²) < 4.78 is 9.99. The van der Waals surface area contributed by atoms with Crippen molar-refractivity contribution in [1.82, 2.24) is 29.9 Å². The highest BCUT2D eigenvalue weighted by Crippen LogP contribution is 2.16. The molecule has 12 heteroatoms. The monoisotopic (exact) mass is 450 g/mol. The average molecular weight is 451 g/mol. The second-order valence-electron chi connectivity index (χ2n) is 6.98. The SMILES string of the molecule is CCC(C)N(CC)c1nc(N)nc(OC)n1.CCNc1nc(NC(C)CC)nc(OC)n1. The van der Waals surface area contributed by atoms with Crippen LogP contribution in [0.5, 0.6) is 12.0 Å². The minimum absolute atomic E-state index is 0.184. The quantitative estimate of drug-likeness (QED) is 0.462. The third-order valence-electron chi connectivity index (χ3n) is 4.64. The van der Waals surface area contributed by atoms with E-state index in [-0.39, 0.29) is 12.0 Å². The van der Waals surface area contributed by atoms with Crippen LogP contribution in [0.15, 0.2) is 0 Å². The molecule has 32 heavy (non-hydrogen) atoms. The number of nitrogens with one attached hydrogen (secondary N) is 2. The zero-order chi connectivity index (χ0) is 24.1. The van der Waals surface area contributed by atoms with Crippen LogP contribution in [0, 0.1) is 0 Å². The molecule has 0 bridgehead atoms. The van der Waals surface area contributed by atoms with Gasteiger partial charge in [-0.15, -0.1) is 0 Å². The predicted octanol–water partition coefficient (Wildman–Crippen LogP) is 2.61. The number of hydrogen-bond donors (Lipinski definition) is 3. The summed E-state index contributed by atoms with van der Waals surface area (Å²) in [6.45, 7) is 14.0. The van der Waals surface area contributed by atoms with Crippen LogP contribution < -0.4 is 30.7 Å². The number of nitrogens with two attached hydrogens (primary N) is 1. The molecule has 0 saturated heterocycles. The Morgan fingerprint density at radius 3 is 2.00 bits per heavy atom. The molecule has 0 aliphatic carbocycles. The van der Waals surface area contributed by atoms with Crippen LogP contribution in [0.25, 0.3) is 0 Å². The summed E-state index contributed by atoms with van der Waals surface area (Å²) in [7, 11) is 3.05. The highest BCUT2D eigenvalue weighted by Gasteiger charge is 2.16. The van der Waals surface area contributed by atoms with E-state index in [0.29, 0.717) is 35.9 Å². The zero-order valence-electron chi connectivity index (χ0n) is 20.5. The van der Waals surface area contributed by atoms with Gasteiger partial charge >= 0.3 is 12.0 Å². The van der Waals surface area contributed by atoms with Crippen LogP contribution in [0.1, 0.15) is 54.4 Å².